The van der Waals surface area contributed by atoms with Gasteiger partial charge in [-0.3, -0.25) is 4.90 Å². The SMILES string of the molecule is O[C@H](CN1CCO[C@H]2CCCC[C@H]21)c1ccc(C(F)(F)F)cc1. The zero-order valence-corrected chi connectivity index (χ0v) is 12.9. The van der Waals surface area contributed by atoms with Crippen molar-refractivity contribution in [3.8, 4) is 0 Å². The minimum absolute atomic E-state index is 0.234. The monoisotopic (exact) mass is 329 g/mol. The van der Waals surface area contributed by atoms with E-state index in [0.29, 0.717) is 24.8 Å². The summed E-state index contributed by atoms with van der Waals surface area (Å²) in [7, 11) is 0. The summed E-state index contributed by atoms with van der Waals surface area (Å²) < 4.78 is 43.6. The Morgan fingerprint density at radius 2 is 1.87 bits per heavy atom. The van der Waals surface area contributed by atoms with Gasteiger partial charge in [-0.15, -0.1) is 0 Å². The molecule has 128 valence electrons. The topological polar surface area (TPSA) is 32.7 Å². The second-order valence-corrected chi connectivity index (χ2v) is 6.39. The van der Waals surface area contributed by atoms with Gasteiger partial charge in [-0.2, -0.15) is 13.2 Å². The fourth-order valence-electron chi connectivity index (χ4n) is 3.63. The van der Waals surface area contributed by atoms with E-state index in [1.54, 1.807) is 0 Å². The molecule has 0 amide bonds. The van der Waals surface area contributed by atoms with Gasteiger partial charge in [0.15, 0.2) is 0 Å². The van der Waals surface area contributed by atoms with Crippen molar-refractivity contribution in [2.75, 3.05) is 19.7 Å². The number of nitrogens with zero attached hydrogens (tertiary/aromatic N) is 1. The van der Waals surface area contributed by atoms with Crippen molar-refractivity contribution >= 4 is 0 Å². The molecular formula is C17H22F3NO2. The van der Waals surface area contributed by atoms with Crippen LogP contribution >= 0.6 is 0 Å². The predicted molar refractivity (Wildman–Crippen MR) is 80.0 cm³/mol. The highest BCUT2D eigenvalue weighted by Crippen LogP contribution is 2.32. The summed E-state index contributed by atoms with van der Waals surface area (Å²) in [6.07, 6.45) is -0.436. The Morgan fingerprint density at radius 3 is 2.57 bits per heavy atom. The van der Waals surface area contributed by atoms with E-state index in [1.165, 1.54) is 18.6 Å². The number of benzene rings is 1. The van der Waals surface area contributed by atoms with Crippen LogP contribution in [0.2, 0.25) is 0 Å². The molecule has 2 aliphatic rings. The number of aliphatic hydroxyl groups is 1. The molecule has 1 saturated heterocycles. The summed E-state index contributed by atoms with van der Waals surface area (Å²) in [6, 6.07) is 5.11. The van der Waals surface area contributed by atoms with Crippen LogP contribution in [0.25, 0.3) is 0 Å². The minimum atomic E-state index is -4.34. The van der Waals surface area contributed by atoms with Gasteiger partial charge in [0.05, 0.1) is 24.4 Å². The van der Waals surface area contributed by atoms with Gasteiger partial charge in [0, 0.05) is 19.1 Å². The number of hydrogen-bond acceptors (Lipinski definition) is 3. The third-order valence-electron chi connectivity index (χ3n) is 4.88. The lowest BCUT2D eigenvalue weighted by atomic mass is 9.89. The van der Waals surface area contributed by atoms with Gasteiger partial charge in [-0.05, 0) is 30.5 Å². The molecule has 1 aromatic rings. The second kappa shape index (κ2) is 6.79. The molecule has 23 heavy (non-hydrogen) atoms. The van der Waals surface area contributed by atoms with Crippen LogP contribution in [0.3, 0.4) is 0 Å². The molecule has 0 spiro atoms. The predicted octanol–water partition coefficient (Wildman–Crippen LogP) is 3.38. The van der Waals surface area contributed by atoms with Crippen LogP contribution in [0.4, 0.5) is 13.2 Å². The molecule has 3 atom stereocenters. The van der Waals surface area contributed by atoms with E-state index >= 15 is 0 Å². The van der Waals surface area contributed by atoms with E-state index in [0.717, 1.165) is 37.9 Å². The molecule has 3 rings (SSSR count). The Kier molecular flexibility index (Phi) is 4.94. The molecule has 0 bridgehead atoms. The Bertz CT molecular complexity index is 516. The lowest BCUT2D eigenvalue weighted by Crippen LogP contribution is -2.53. The Morgan fingerprint density at radius 1 is 1.17 bits per heavy atom. The second-order valence-electron chi connectivity index (χ2n) is 6.39. The number of alkyl halides is 3. The van der Waals surface area contributed by atoms with Gasteiger partial charge in [0.2, 0.25) is 0 Å². The Hall–Kier alpha value is -1.11. The van der Waals surface area contributed by atoms with E-state index in [-0.39, 0.29) is 6.10 Å². The molecule has 0 aromatic heterocycles. The van der Waals surface area contributed by atoms with Gasteiger partial charge in [0.25, 0.3) is 0 Å². The van der Waals surface area contributed by atoms with Crippen molar-refractivity contribution in [1.29, 1.82) is 0 Å². The summed E-state index contributed by atoms with van der Waals surface area (Å²) in [5.41, 5.74) is -0.163. The van der Waals surface area contributed by atoms with Crippen molar-refractivity contribution in [3.63, 3.8) is 0 Å². The highest BCUT2D eigenvalue weighted by molar-refractivity contribution is 5.26. The summed E-state index contributed by atoms with van der Waals surface area (Å²) in [5.74, 6) is 0. The summed E-state index contributed by atoms with van der Waals surface area (Å²) in [5, 5.41) is 10.4. The lowest BCUT2D eigenvalue weighted by molar-refractivity contribution is -0.137. The molecule has 0 unspecified atom stereocenters. The molecular weight excluding hydrogens is 307 g/mol. The normalized spacial score (nSPS) is 27.5. The first-order valence-corrected chi connectivity index (χ1v) is 8.16. The quantitative estimate of drug-likeness (QED) is 0.923. The summed E-state index contributed by atoms with van der Waals surface area (Å²) >= 11 is 0. The van der Waals surface area contributed by atoms with E-state index in [9.17, 15) is 18.3 Å². The molecule has 3 nitrogen and oxygen atoms in total. The lowest BCUT2D eigenvalue weighted by Gasteiger charge is -2.44. The van der Waals surface area contributed by atoms with E-state index in [2.05, 4.69) is 4.90 Å². The van der Waals surface area contributed by atoms with Crippen LogP contribution in [0, 0.1) is 0 Å². The van der Waals surface area contributed by atoms with Crippen LogP contribution in [0.5, 0.6) is 0 Å². The maximum absolute atomic E-state index is 12.6. The number of halogens is 3. The number of rotatable bonds is 3. The maximum atomic E-state index is 12.6. The van der Waals surface area contributed by atoms with Crippen LogP contribution in [0.1, 0.15) is 42.9 Å². The van der Waals surface area contributed by atoms with E-state index in [4.69, 9.17) is 4.74 Å². The van der Waals surface area contributed by atoms with E-state index < -0.39 is 17.8 Å². The number of morpholine rings is 1. The first-order valence-electron chi connectivity index (χ1n) is 8.16. The number of aliphatic hydroxyl groups excluding tert-OH is 1. The van der Waals surface area contributed by atoms with Crippen molar-refractivity contribution in [2.24, 2.45) is 0 Å². The van der Waals surface area contributed by atoms with Gasteiger partial charge < -0.3 is 9.84 Å². The summed E-state index contributed by atoms with van der Waals surface area (Å²) in [4.78, 5) is 2.23. The third-order valence-corrected chi connectivity index (χ3v) is 4.88. The van der Waals surface area contributed by atoms with Gasteiger partial charge >= 0.3 is 6.18 Å². The van der Waals surface area contributed by atoms with Gasteiger partial charge in [-0.1, -0.05) is 25.0 Å². The van der Waals surface area contributed by atoms with Crippen LogP contribution in [-0.2, 0) is 10.9 Å². The zero-order chi connectivity index (χ0) is 16.4. The number of hydrogen-bond donors (Lipinski definition) is 1. The molecule has 0 radical (unpaired) electrons. The minimum Gasteiger partial charge on any atom is -0.387 e. The molecule has 1 aliphatic heterocycles. The molecule has 1 aliphatic carbocycles. The molecule has 1 N–H and O–H groups in total. The molecule has 1 saturated carbocycles. The number of ether oxygens (including phenoxy) is 1. The average molecular weight is 329 g/mol. The molecule has 1 aromatic carbocycles. The highest BCUT2D eigenvalue weighted by atomic mass is 19.4. The van der Waals surface area contributed by atoms with Crippen molar-refractivity contribution in [3.05, 3.63) is 35.4 Å². The van der Waals surface area contributed by atoms with Gasteiger partial charge in [0.1, 0.15) is 0 Å². The average Bonchev–Trinajstić information content (AvgIpc) is 2.54. The van der Waals surface area contributed by atoms with Crippen molar-refractivity contribution < 1.29 is 23.0 Å². The fraction of sp³-hybridized carbons (Fsp3) is 0.647. The number of β-amino-alcohol motifs (C(OH)–C–C–N with tert-alkyl or cyclic N) is 1. The third kappa shape index (κ3) is 3.87. The zero-order valence-electron chi connectivity index (χ0n) is 12.9. The smallest absolute Gasteiger partial charge is 0.387 e. The summed E-state index contributed by atoms with van der Waals surface area (Å²) in [6.45, 7) is 1.86. The van der Waals surface area contributed by atoms with Crippen LogP contribution in [0.15, 0.2) is 24.3 Å². The molecule has 1 heterocycles. The van der Waals surface area contributed by atoms with Crippen LogP contribution in [-0.4, -0.2) is 41.8 Å². The first kappa shape index (κ1) is 16.7. The van der Waals surface area contributed by atoms with Crippen molar-refractivity contribution in [2.45, 2.75) is 50.1 Å². The van der Waals surface area contributed by atoms with Crippen molar-refractivity contribution in [1.82, 2.24) is 4.90 Å². The van der Waals surface area contributed by atoms with Gasteiger partial charge in [-0.25, -0.2) is 0 Å². The number of fused-ring (bicyclic) bond motifs is 1. The Balaban J connectivity index is 1.65. The Labute approximate surface area is 134 Å². The van der Waals surface area contributed by atoms with E-state index in [1.807, 2.05) is 0 Å². The maximum Gasteiger partial charge on any atom is 0.416 e. The fourth-order valence-corrected chi connectivity index (χ4v) is 3.63. The molecule has 2 fully saturated rings. The standard InChI is InChI=1S/C17H22F3NO2/c18-17(19,20)13-7-5-12(6-8-13)15(22)11-21-9-10-23-16-4-2-1-3-14(16)21/h5-8,14-16,22H,1-4,9-11H2/t14-,15-,16+/m1/s1. The highest BCUT2D eigenvalue weighted by Gasteiger charge is 2.35. The molecule has 6 heteroatoms. The first-order chi connectivity index (χ1) is 10.9. The van der Waals surface area contributed by atoms with Crippen LogP contribution < -0.4 is 0 Å². The largest absolute Gasteiger partial charge is 0.416 e.